The maximum Gasteiger partial charge on any atom is 0.243 e. The Bertz CT molecular complexity index is 433. The van der Waals surface area contributed by atoms with Crippen molar-refractivity contribution in [2.24, 2.45) is 0 Å². The van der Waals surface area contributed by atoms with Crippen LogP contribution in [0.3, 0.4) is 0 Å². The molecule has 19 heavy (non-hydrogen) atoms. The largest absolute Gasteiger partial charge is 0.352 e. The number of hydrogen-bond donors (Lipinski definition) is 1. The van der Waals surface area contributed by atoms with Gasteiger partial charge in [0.15, 0.2) is 0 Å². The Labute approximate surface area is 113 Å². The lowest BCUT2D eigenvalue weighted by Gasteiger charge is -2.22. The SMILES string of the molecule is C[C@H](Cc1ccccc1)NC(=O)[C@@H]1CCCN1C=O. The third kappa shape index (κ3) is 3.56. The second kappa shape index (κ2) is 6.36. The molecule has 1 aromatic carbocycles. The molecule has 0 unspecified atom stereocenters. The highest BCUT2D eigenvalue weighted by Crippen LogP contribution is 2.15. The highest BCUT2D eigenvalue weighted by atomic mass is 16.2. The van der Waals surface area contributed by atoms with E-state index in [1.54, 1.807) is 4.90 Å². The van der Waals surface area contributed by atoms with E-state index in [1.165, 1.54) is 5.56 Å². The highest BCUT2D eigenvalue weighted by molar-refractivity contribution is 5.84. The van der Waals surface area contributed by atoms with Crippen molar-refractivity contribution in [1.29, 1.82) is 0 Å². The molecule has 0 aromatic heterocycles. The summed E-state index contributed by atoms with van der Waals surface area (Å²) in [6.45, 7) is 2.68. The van der Waals surface area contributed by atoms with Crippen molar-refractivity contribution in [2.45, 2.75) is 38.3 Å². The molecule has 4 heteroatoms. The molecule has 2 amide bonds. The van der Waals surface area contributed by atoms with Crippen LogP contribution in [0.15, 0.2) is 30.3 Å². The summed E-state index contributed by atoms with van der Waals surface area (Å²) in [5.41, 5.74) is 1.20. The predicted octanol–water partition coefficient (Wildman–Crippen LogP) is 1.35. The number of hydrogen-bond acceptors (Lipinski definition) is 2. The van der Waals surface area contributed by atoms with E-state index >= 15 is 0 Å². The van der Waals surface area contributed by atoms with E-state index in [-0.39, 0.29) is 18.0 Å². The number of nitrogens with one attached hydrogen (secondary N) is 1. The topological polar surface area (TPSA) is 49.4 Å². The van der Waals surface area contributed by atoms with Gasteiger partial charge in [-0.25, -0.2) is 0 Å². The molecule has 0 spiro atoms. The van der Waals surface area contributed by atoms with E-state index in [0.717, 1.165) is 25.7 Å². The third-order valence-corrected chi connectivity index (χ3v) is 3.51. The van der Waals surface area contributed by atoms with Gasteiger partial charge in [0.1, 0.15) is 6.04 Å². The van der Waals surface area contributed by atoms with Crippen LogP contribution in [0.2, 0.25) is 0 Å². The van der Waals surface area contributed by atoms with Gasteiger partial charge in [0.25, 0.3) is 0 Å². The number of carbonyl (C=O) groups excluding carboxylic acids is 2. The van der Waals surface area contributed by atoms with Gasteiger partial charge in [0, 0.05) is 12.6 Å². The molecule has 1 aliphatic heterocycles. The maximum absolute atomic E-state index is 12.1. The van der Waals surface area contributed by atoms with Gasteiger partial charge in [-0.15, -0.1) is 0 Å². The first kappa shape index (κ1) is 13.6. The summed E-state index contributed by atoms with van der Waals surface area (Å²) in [6.07, 6.45) is 3.26. The molecule has 0 aliphatic carbocycles. The minimum Gasteiger partial charge on any atom is -0.352 e. The fourth-order valence-corrected chi connectivity index (χ4v) is 2.55. The van der Waals surface area contributed by atoms with Gasteiger partial charge in [0.05, 0.1) is 0 Å². The third-order valence-electron chi connectivity index (χ3n) is 3.51. The maximum atomic E-state index is 12.1. The quantitative estimate of drug-likeness (QED) is 0.813. The van der Waals surface area contributed by atoms with Gasteiger partial charge < -0.3 is 10.2 Å². The zero-order valence-electron chi connectivity index (χ0n) is 11.2. The van der Waals surface area contributed by atoms with E-state index in [0.29, 0.717) is 6.54 Å². The van der Waals surface area contributed by atoms with Crippen LogP contribution in [0.25, 0.3) is 0 Å². The van der Waals surface area contributed by atoms with Crippen molar-refractivity contribution in [3.8, 4) is 0 Å². The molecule has 0 radical (unpaired) electrons. The van der Waals surface area contributed by atoms with Crippen LogP contribution in [0.5, 0.6) is 0 Å². The van der Waals surface area contributed by atoms with Crippen molar-refractivity contribution in [3.05, 3.63) is 35.9 Å². The van der Waals surface area contributed by atoms with Crippen LogP contribution < -0.4 is 5.32 Å². The predicted molar refractivity (Wildman–Crippen MR) is 73.5 cm³/mol. The molecule has 2 atom stereocenters. The summed E-state index contributed by atoms with van der Waals surface area (Å²) in [5, 5.41) is 3.00. The molecule has 1 N–H and O–H groups in total. The Balaban J connectivity index is 1.86. The van der Waals surface area contributed by atoms with Crippen molar-refractivity contribution >= 4 is 12.3 Å². The number of carbonyl (C=O) groups is 2. The zero-order valence-corrected chi connectivity index (χ0v) is 11.2. The van der Waals surface area contributed by atoms with E-state index in [2.05, 4.69) is 17.4 Å². The minimum atomic E-state index is -0.282. The lowest BCUT2D eigenvalue weighted by molar-refractivity contribution is -0.131. The van der Waals surface area contributed by atoms with Crippen LogP contribution in [0.1, 0.15) is 25.3 Å². The first-order chi connectivity index (χ1) is 9.20. The monoisotopic (exact) mass is 260 g/mol. The Hall–Kier alpha value is -1.84. The van der Waals surface area contributed by atoms with Gasteiger partial charge in [-0.1, -0.05) is 30.3 Å². The number of amides is 2. The molecule has 0 saturated carbocycles. The van der Waals surface area contributed by atoms with Gasteiger partial charge in [0.2, 0.25) is 12.3 Å². The standard InChI is InChI=1S/C15H20N2O2/c1-12(10-13-6-3-2-4-7-13)16-15(19)14-8-5-9-17(14)11-18/h2-4,6-7,11-12,14H,5,8-10H2,1H3,(H,16,19)/t12-,14+/m1/s1. The number of benzene rings is 1. The van der Waals surface area contributed by atoms with E-state index in [9.17, 15) is 9.59 Å². The number of rotatable bonds is 5. The van der Waals surface area contributed by atoms with Crippen molar-refractivity contribution < 1.29 is 9.59 Å². The minimum absolute atomic E-state index is 0.0342. The highest BCUT2D eigenvalue weighted by Gasteiger charge is 2.29. The summed E-state index contributed by atoms with van der Waals surface area (Å²) >= 11 is 0. The summed E-state index contributed by atoms with van der Waals surface area (Å²) in [5.74, 6) is -0.0342. The molecular weight excluding hydrogens is 240 g/mol. The molecule has 1 aliphatic rings. The van der Waals surface area contributed by atoms with E-state index in [1.807, 2.05) is 25.1 Å². The van der Waals surface area contributed by atoms with Gasteiger partial charge in [-0.3, -0.25) is 9.59 Å². The normalized spacial score (nSPS) is 20.1. The smallest absolute Gasteiger partial charge is 0.243 e. The molecule has 1 saturated heterocycles. The lowest BCUT2D eigenvalue weighted by atomic mass is 10.1. The summed E-state index contributed by atoms with van der Waals surface area (Å²) in [7, 11) is 0. The van der Waals surface area contributed by atoms with Gasteiger partial charge in [-0.2, -0.15) is 0 Å². The van der Waals surface area contributed by atoms with Crippen molar-refractivity contribution in [1.82, 2.24) is 10.2 Å². The van der Waals surface area contributed by atoms with Gasteiger partial charge in [-0.05, 0) is 31.7 Å². The fraction of sp³-hybridized carbons (Fsp3) is 0.467. The summed E-state index contributed by atoms with van der Waals surface area (Å²) < 4.78 is 0. The molecule has 4 nitrogen and oxygen atoms in total. The zero-order chi connectivity index (χ0) is 13.7. The Morgan fingerprint density at radius 3 is 2.89 bits per heavy atom. The number of nitrogens with zero attached hydrogens (tertiary/aromatic N) is 1. The molecule has 1 heterocycles. The Morgan fingerprint density at radius 1 is 1.47 bits per heavy atom. The number of likely N-dealkylation sites (tertiary alicyclic amines) is 1. The molecule has 2 rings (SSSR count). The van der Waals surface area contributed by atoms with E-state index < -0.39 is 0 Å². The molecule has 1 fully saturated rings. The lowest BCUT2D eigenvalue weighted by Crippen LogP contribution is -2.46. The summed E-state index contributed by atoms with van der Waals surface area (Å²) in [4.78, 5) is 24.5. The van der Waals surface area contributed by atoms with Crippen LogP contribution >= 0.6 is 0 Å². The van der Waals surface area contributed by atoms with Crippen molar-refractivity contribution in [3.63, 3.8) is 0 Å². The Morgan fingerprint density at radius 2 is 2.21 bits per heavy atom. The fourth-order valence-electron chi connectivity index (χ4n) is 2.55. The molecule has 102 valence electrons. The average molecular weight is 260 g/mol. The summed E-state index contributed by atoms with van der Waals surface area (Å²) in [6, 6.07) is 9.86. The first-order valence-electron chi connectivity index (χ1n) is 6.76. The van der Waals surface area contributed by atoms with Crippen LogP contribution in [0.4, 0.5) is 0 Å². The Kier molecular flexibility index (Phi) is 4.55. The van der Waals surface area contributed by atoms with Crippen molar-refractivity contribution in [2.75, 3.05) is 6.54 Å². The van der Waals surface area contributed by atoms with Crippen LogP contribution in [-0.4, -0.2) is 35.8 Å². The van der Waals surface area contributed by atoms with Crippen LogP contribution in [-0.2, 0) is 16.0 Å². The van der Waals surface area contributed by atoms with Gasteiger partial charge >= 0.3 is 0 Å². The van der Waals surface area contributed by atoms with Crippen LogP contribution in [0, 0.1) is 0 Å². The molecular formula is C15H20N2O2. The average Bonchev–Trinajstić information content (AvgIpc) is 2.88. The first-order valence-corrected chi connectivity index (χ1v) is 6.76. The second-order valence-corrected chi connectivity index (χ2v) is 5.10. The molecule has 1 aromatic rings. The second-order valence-electron chi connectivity index (χ2n) is 5.10. The molecule has 0 bridgehead atoms. The van der Waals surface area contributed by atoms with E-state index in [4.69, 9.17) is 0 Å².